The fraction of sp³-hybridized carbons (Fsp3) is 0.533. The number of hydrogen-bond acceptors (Lipinski definition) is 4. The minimum atomic E-state index is -0.321. The lowest BCUT2D eigenvalue weighted by Crippen LogP contribution is -2.34. The van der Waals surface area contributed by atoms with E-state index in [1.54, 1.807) is 19.2 Å². The van der Waals surface area contributed by atoms with Gasteiger partial charge < -0.3 is 15.7 Å². The van der Waals surface area contributed by atoms with Crippen molar-refractivity contribution in [1.29, 1.82) is 0 Å². The lowest BCUT2D eigenvalue weighted by Gasteiger charge is -2.31. The molecule has 2 rings (SSSR count). The Morgan fingerprint density at radius 1 is 1.48 bits per heavy atom. The fourth-order valence-corrected chi connectivity index (χ4v) is 2.68. The molecule has 1 saturated heterocycles. The Morgan fingerprint density at radius 2 is 2.19 bits per heavy atom. The molecule has 1 aromatic rings. The quantitative estimate of drug-likeness (QED) is 0.376. The first-order chi connectivity index (χ1) is 10.1. The maximum Gasteiger partial charge on any atom is 0.170 e. The van der Waals surface area contributed by atoms with Crippen LogP contribution in [0.15, 0.2) is 23.4 Å². The highest BCUT2D eigenvalue weighted by Crippen LogP contribution is 2.20. The number of hydrogen-bond donors (Lipinski definition) is 2. The Morgan fingerprint density at radius 3 is 2.76 bits per heavy atom. The molecule has 0 radical (unpaired) electrons. The van der Waals surface area contributed by atoms with Crippen LogP contribution in [0.5, 0.6) is 0 Å². The van der Waals surface area contributed by atoms with E-state index in [1.165, 1.54) is 6.07 Å². The maximum atomic E-state index is 14.1. The van der Waals surface area contributed by atoms with Crippen LogP contribution in [0.4, 0.5) is 4.39 Å². The molecule has 0 aliphatic carbocycles. The van der Waals surface area contributed by atoms with Crippen LogP contribution in [0, 0.1) is 11.7 Å². The molecule has 0 aromatic heterocycles. The summed E-state index contributed by atoms with van der Waals surface area (Å²) < 4.78 is 19.2. The van der Waals surface area contributed by atoms with Gasteiger partial charge in [0, 0.05) is 31.4 Å². The first kappa shape index (κ1) is 15.7. The Balaban J connectivity index is 1.95. The minimum Gasteiger partial charge on any atom is -0.409 e. The van der Waals surface area contributed by atoms with Crippen molar-refractivity contribution in [3.8, 4) is 0 Å². The molecule has 0 amide bonds. The van der Waals surface area contributed by atoms with Crippen molar-refractivity contribution in [2.75, 3.05) is 26.8 Å². The number of ether oxygens (including phenoxy) is 1. The molecule has 116 valence electrons. The first-order valence-corrected chi connectivity index (χ1v) is 7.11. The van der Waals surface area contributed by atoms with E-state index in [9.17, 15) is 4.39 Å². The smallest absolute Gasteiger partial charge is 0.170 e. The third kappa shape index (κ3) is 4.15. The normalized spacial score (nSPS) is 18.1. The number of methoxy groups -OCH3 is 1. The van der Waals surface area contributed by atoms with Crippen molar-refractivity contribution in [3.63, 3.8) is 0 Å². The molecule has 1 aromatic carbocycles. The first-order valence-electron chi connectivity index (χ1n) is 7.11. The van der Waals surface area contributed by atoms with Gasteiger partial charge in [0.1, 0.15) is 5.82 Å². The molecule has 1 aliphatic heterocycles. The van der Waals surface area contributed by atoms with Crippen LogP contribution in [0.25, 0.3) is 0 Å². The summed E-state index contributed by atoms with van der Waals surface area (Å²) in [6.45, 7) is 3.30. The topological polar surface area (TPSA) is 71.1 Å². The zero-order valence-electron chi connectivity index (χ0n) is 12.3. The van der Waals surface area contributed by atoms with Crippen LogP contribution in [0.2, 0.25) is 0 Å². The number of nitrogens with two attached hydrogens (primary N) is 1. The Kier molecular flexibility index (Phi) is 5.52. The minimum absolute atomic E-state index is 0.0826. The fourth-order valence-electron chi connectivity index (χ4n) is 2.68. The number of nitrogens with zero attached hydrogens (tertiary/aromatic N) is 2. The third-order valence-electron chi connectivity index (χ3n) is 3.96. The van der Waals surface area contributed by atoms with Crippen LogP contribution in [-0.2, 0) is 11.3 Å². The Hall–Kier alpha value is -1.66. The largest absolute Gasteiger partial charge is 0.409 e. The number of piperidine rings is 1. The molecule has 1 fully saturated rings. The summed E-state index contributed by atoms with van der Waals surface area (Å²) in [7, 11) is 1.73. The molecular formula is C15H22FN3O2. The number of halogens is 1. The molecule has 21 heavy (non-hydrogen) atoms. The predicted octanol–water partition coefficient (Wildman–Crippen LogP) is 1.78. The molecule has 0 saturated carbocycles. The van der Waals surface area contributed by atoms with Crippen LogP contribution >= 0.6 is 0 Å². The maximum absolute atomic E-state index is 14.1. The molecule has 5 nitrogen and oxygen atoms in total. The van der Waals surface area contributed by atoms with Crippen LogP contribution in [-0.4, -0.2) is 42.7 Å². The summed E-state index contributed by atoms with van der Waals surface area (Å²) in [5.74, 6) is 0.206. The molecule has 0 spiro atoms. The third-order valence-corrected chi connectivity index (χ3v) is 3.96. The van der Waals surface area contributed by atoms with E-state index in [2.05, 4.69) is 10.1 Å². The second-order valence-corrected chi connectivity index (χ2v) is 5.47. The lowest BCUT2D eigenvalue weighted by molar-refractivity contribution is 0.0964. The summed E-state index contributed by atoms with van der Waals surface area (Å²) in [6.07, 6.45) is 2.16. The number of rotatable bonds is 5. The molecule has 6 heteroatoms. The van der Waals surface area contributed by atoms with Gasteiger partial charge in [0.25, 0.3) is 0 Å². The van der Waals surface area contributed by atoms with Crippen LogP contribution in [0.1, 0.15) is 24.0 Å². The monoisotopic (exact) mass is 295 g/mol. The Labute approximate surface area is 124 Å². The van der Waals surface area contributed by atoms with Gasteiger partial charge in [-0.1, -0.05) is 17.3 Å². The van der Waals surface area contributed by atoms with E-state index in [0.717, 1.165) is 32.5 Å². The summed E-state index contributed by atoms with van der Waals surface area (Å²) in [5.41, 5.74) is 6.47. The van der Waals surface area contributed by atoms with Crippen molar-refractivity contribution in [2.45, 2.75) is 19.4 Å². The molecular weight excluding hydrogens is 273 g/mol. The van der Waals surface area contributed by atoms with Crippen molar-refractivity contribution < 1.29 is 14.3 Å². The number of benzene rings is 1. The van der Waals surface area contributed by atoms with Gasteiger partial charge in [-0.15, -0.1) is 0 Å². The van der Waals surface area contributed by atoms with Crippen molar-refractivity contribution in [3.05, 3.63) is 35.1 Å². The van der Waals surface area contributed by atoms with Crippen molar-refractivity contribution >= 4 is 5.84 Å². The highest BCUT2D eigenvalue weighted by molar-refractivity contribution is 5.97. The summed E-state index contributed by atoms with van der Waals surface area (Å²) in [5, 5.41) is 11.5. The molecule has 1 aliphatic rings. The van der Waals surface area contributed by atoms with Gasteiger partial charge in [-0.3, -0.25) is 4.90 Å². The van der Waals surface area contributed by atoms with E-state index in [4.69, 9.17) is 15.7 Å². The van der Waals surface area contributed by atoms with Crippen molar-refractivity contribution in [2.24, 2.45) is 16.8 Å². The van der Waals surface area contributed by atoms with Gasteiger partial charge >= 0.3 is 0 Å². The zero-order valence-corrected chi connectivity index (χ0v) is 12.3. The van der Waals surface area contributed by atoms with E-state index in [-0.39, 0.29) is 11.7 Å². The van der Waals surface area contributed by atoms with Gasteiger partial charge in [-0.05, 0) is 37.9 Å². The number of likely N-dealkylation sites (tertiary alicyclic amines) is 1. The van der Waals surface area contributed by atoms with Gasteiger partial charge in [0.15, 0.2) is 5.84 Å². The molecule has 0 bridgehead atoms. The highest BCUT2D eigenvalue weighted by Gasteiger charge is 2.20. The van der Waals surface area contributed by atoms with Gasteiger partial charge in [-0.25, -0.2) is 4.39 Å². The highest BCUT2D eigenvalue weighted by atomic mass is 19.1. The summed E-state index contributed by atoms with van der Waals surface area (Å²) >= 11 is 0. The van der Waals surface area contributed by atoms with Gasteiger partial charge in [0.05, 0.1) is 0 Å². The molecule has 0 unspecified atom stereocenters. The van der Waals surface area contributed by atoms with Crippen LogP contribution < -0.4 is 5.73 Å². The van der Waals surface area contributed by atoms with E-state index < -0.39 is 0 Å². The number of amidine groups is 1. The SMILES string of the molecule is COCC1CCN(Cc2ccc(C(N)=NO)cc2F)CC1. The van der Waals surface area contributed by atoms with E-state index >= 15 is 0 Å². The van der Waals surface area contributed by atoms with Crippen molar-refractivity contribution in [1.82, 2.24) is 4.90 Å². The van der Waals surface area contributed by atoms with E-state index in [1.807, 2.05) is 0 Å². The Bertz CT molecular complexity index is 500. The second kappa shape index (κ2) is 7.38. The molecule has 1 heterocycles. The summed E-state index contributed by atoms with van der Waals surface area (Å²) in [4.78, 5) is 2.24. The lowest BCUT2D eigenvalue weighted by atomic mass is 9.97. The standard InChI is InChI=1S/C15H22FN3O2/c1-21-10-11-4-6-19(7-5-11)9-13-3-2-12(8-14(13)16)15(17)18-20/h2-3,8,11,20H,4-7,9-10H2,1H3,(H2,17,18). The van der Waals surface area contributed by atoms with Crippen LogP contribution in [0.3, 0.4) is 0 Å². The van der Waals surface area contributed by atoms with E-state index in [0.29, 0.717) is 23.6 Å². The average molecular weight is 295 g/mol. The zero-order chi connectivity index (χ0) is 15.2. The molecule has 0 atom stereocenters. The van der Waals surface area contributed by atoms with Gasteiger partial charge in [0.2, 0.25) is 0 Å². The summed E-state index contributed by atoms with van der Waals surface area (Å²) in [6, 6.07) is 4.68. The average Bonchev–Trinajstić information content (AvgIpc) is 2.50. The second-order valence-electron chi connectivity index (χ2n) is 5.47. The molecule has 3 N–H and O–H groups in total. The van der Waals surface area contributed by atoms with Gasteiger partial charge in [-0.2, -0.15) is 0 Å². The predicted molar refractivity (Wildman–Crippen MR) is 78.8 cm³/mol. The number of oxime groups is 1.